The lowest BCUT2D eigenvalue weighted by atomic mass is 10.0. The maximum atomic E-state index is 10.4. The van der Waals surface area contributed by atoms with Crippen molar-refractivity contribution in [3.8, 4) is 5.75 Å². The van der Waals surface area contributed by atoms with Crippen LogP contribution in [0.4, 0.5) is 0 Å². The summed E-state index contributed by atoms with van der Waals surface area (Å²) in [7, 11) is 3.39. The first-order valence-electron chi connectivity index (χ1n) is 5.43. The Morgan fingerprint density at radius 3 is 2.69 bits per heavy atom. The van der Waals surface area contributed by atoms with Crippen LogP contribution in [0.1, 0.15) is 32.5 Å². The average Bonchev–Trinajstić information content (AvgIpc) is 2.61. The molecule has 1 rings (SSSR count). The Labute approximate surface area is 96.4 Å². The first kappa shape index (κ1) is 13.0. The van der Waals surface area contributed by atoms with E-state index >= 15 is 0 Å². The van der Waals surface area contributed by atoms with E-state index in [0.717, 1.165) is 0 Å². The number of methoxy groups -OCH3 is 1. The molecule has 5 heteroatoms. The van der Waals surface area contributed by atoms with Crippen molar-refractivity contribution in [2.45, 2.75) is 32.4 Å². The molecule has 0 saturated heterocycles. The van der Waals surface area contributed by atoms with Gasteiger partial charge in [0.2, 0.25) is 0 Å². The van der Waals surface area contributed by atoms with Crippen LogP contribution in [0, 0.1) is 0 Å². The number of nitrogens with zero attached hydrogens (tertiary/aromatic N) is 2. The molecule has 1 unspecified atom stereocenters. The standard InChI is InChI=1S/C11H21N3O2/c1-8(2)14-10(9(16-5)6-13-14)11(3,15)7-12-4/h6,8,12,15H,7H2,1-5H3. The van der Waals surface area contributed by atoms with E-state index in [1.54, 1.807) is 32.0 Å². The third-order valence-electron chi connectivity index (χ3n) is 2.50. The summed E-state index contributed by atoms with van der Waals surface area (Å²) in [5.74, 6) is 0.619. The molecule has 1 aromatic rings. The van der Waals surface area contributed by atoms with Gasteiger partial charge in [-0.05, 0) is 27.8 Å². The van der Waals surface area contributed by atoms with Gasteiger partial charge in [-0.2, -0.15) is 5.10 Å². The molecule has 2 N–H and O–H groups in total. The minimum atomic E-state index is -0.999. The fourth-order valence-electron chi connectivity index (χ4n) is 1.83. The molecule has 0 saturated carbocycles. The summed E-state index contributed by atoms with van der Waals surface area (Å²) in [6.07, 6.45) is 1.64. The Morgan fingerprint density at radius 2 is 2.25 bits per heavy atom. The molecule has 0 aliphatic heterocycles. The Balaban J connectivity index is 3.22. The van der Waals surface area contributed by atoms with E-state index in [9.17, 15) is 5.11 Å². The van der Waals surface area contributed by atoms with Crippen LogP contribution < -0.4 is 10.1 Å². The quantitative estimate of drug-likeness (QED) is 0.784. The first-order valence-corrected chi connectivity index (χ1v) is 5.43. The normalized spacial score (nSPS) is 15.2. The van der Waals surface area contributed by atoms with Gasteiger partial charge in [-0.15, -0.1) is 0 Å². The van der Waals surface area contributed by atoms with Crippen molar-refractivity contribution in [3.05, 3.63) is 11.9 Å². The van der Waals surface area contributed by atoms with Crippen LogP contribution in [0.25, 0.3) is 0 Å². The highest BCUT2D eigenvalue weighted by molar-refractivity contribution is 5.31. The molecule has 0 aliphatic rings. The van der Waals surface area contributed by atoms with E-state index in [1.807, 2.05) is 13.8 Å². The van der Waals surface area contributed by atoms with Gasteiger partial charge in [0.05, 0.1) is 13.3 Å². The third-order valence-corrected chi connectivity index (χ3v) is 2.50. The van der Waals surface area contributed by atoms with Crippen molar-refractivity contribution in [2.75, 3.05) is 20.7 Å². The largest absolute Gasteiger partial charge is 0.493 e. The van der Waals surface area contributed by atoms with E-state index in [0.29, 0.717) is 18.0 Å². The molecule has 0 fully saturated rings. The lowest BCUT2D eigenvalue weighted by Crippen LogP contribution is -2.36. The maximum Gasteiger partial charge on any atom is 0.162 e. The second-order valence-corrected chi connectivity index (χ2v) is 4.40. The number of nitrogens with one attached hydrogen (secondary N) is 1. The van der Waals surface area contributed by atoms with Crippen LogP contribution in [-0.4, -0.2) is 35.6 Å². The summed E-state index contributed by atoms with van der Waals surface area (Å²) in [6, 6.07) is 0.183. The highest BCUT2D eigenvalue weighted by Crippen LogP contribution is 2.31. The number of aliphatic hydroxyl groups is 1. The van der Waals surface area contributed by atoms with Crippen LogP contribution >= 0.6 is 0 Å². The lowest BCUT2D eigenvalue weighted by Gasteiger charge is -2.26. The summed E-state index contributed by atoms with van der Waals surface area (Å²) < 4.78 is 7.03. The second-order valence-electron chi connectivity index (χ2n) is 4.40. The first-order chi connectivity index (χ1) is 7.44. The smallest absolute Gasteiger partial charge is 0.162 e. The number of aromatic nitrogens is 2. The molecule has 0 aliphatic carbocycles. The number of rotatable bonds is 5. The van der Waals surface area contributed by atoms with Crippen molar-refractivity contribution in [1.29, 1.82) is 0 Å². The van der Waals surface area contributed by atoms with Crippen LogP contribution in [0.2, 0.25) is 0 Å². The molecule has 0 bridgehead atoms. The number of ether oxygens (including phenoxy) is 1. The lowest BCUT2D eigenvalue weighted by molar-refractivity contribution is 0.0456. The molecule has 0 aromatic carbocycles. The van der Waals surface area contributed by atoms with Crippen LogP contribution in [0.15, 0.2) is 6.20 Å². The van der Waals surface area contributed by atoms with Crippen LogP contribution in [-0.2, 0) is 5.60 Å². The molecule has 1 atom stereocenters. The average molecular weight is 227 g/mol. The summed E-state index contributed by atoms with van der Waals surface area (Å²) in [6.45, 7) is 6.24. The zero-order chi connectivity index (χ0) is 12.3. The van der Waals surface area contributed by atoms with E-state index in [2.05, 4.69) is 10.4 Å². The van der Waals surface area contributed by atoms with Gasteiger partial charge >= 0.3 is 0 Å². The Hall–Kier alpha value is -1.07. The number of likely N-dealkylation sites (N-methyl/N-ethyl adjacent to an activating group) is 1. The Kier molecular flexibility index (Phi) is 3.93. The molecule has 0 amide bonds. The number of hydrogen-bond donors (Lipinski definition) is 2. The SMILES string of the molecule is CNCC(C)(O)c1c(OC)cnn1C(C)C. The number of hydrogen-bond acceptors (Lipinski definition) is 4. The molecular weight excluding hydrogens is 206 g/mol. The fraction of sp³-hybridized carbons (Fsp3) is 0.727. The minimum absolute atomic E-state index is 0.183. The molecule has 92 valence electrons. The topological polar surface area (TPSA) is 59.3 Å². The van der Waals surface area contributed by atoms with E-state index in [1.165, 1.54) is 0 Å². The maximum absolute atomic E-state index is 10.4. The molecule has 1 aromatic heterocycles. The van der Waals surface area contributed by atoms with Gasteiger partial charge in [-0.3, -0.25) is 4.68 Å². The van der Waals surface area contributed by atoms with Crippen molar-refractivity contribution in [1.82, 2.24) is 15.1 Å². The van der Waals surface area contributed by atoms with Gasteiger partial charge in [0, 0.05) is 12.6 Å². The Bertz CT molecular complexity index is 345. The molecule has 5 nitrogen and oxygen atoms in total. The van der Waals surface area contributed by atoms with Gasteiger partial charge in [0.1, 0.15) is 11.3 Å². The van der Waals surface area contributed by atoms with Gasteiger partial charge < -0.3 is 15.2 Å². The molecule has 16 heavy (non-hydrogen) atoms. The van der Waals surface area contributed by atoms with Crippen molar-refractivity contribution < 1.29 is 9.84 Å². The minimum Gasteiger partial charge on any atom is -0.493 e. The molecular formula is C11H21N3O2. The van der Waals surface area contributed by atoms with E-state index < -0.39 is 5.60 Å². The highest BCUT2D eigenvalue weighted by Gasteiger charge is 2.31. The van der Waals surface area contributed by atoms with Crippen LogP contribution in [0.3, 0.4) is 0 Å². The van der Waals surface area contributed by atoms with Gasteiger partial charge in [0.15, 0.2) is 5.75 Å². The summed E-state index contributed by atoms with van der Waals surface area (Å²) in [5.41, 5.74) is -0.291. The third kappa shape index (κ3) is 2.36. The van der Waals surface area contributed by atoms with Gasteiger partial charge in [-0.25, -0.2) is 0 Å². The zero-order valence-corrected chi connectivity index (χ0v) is 10.6. The summed E-state index contributed by atoms with van der Waals surface area (Å²) >= 11 is 0. The fourth-order valence-corrected chi connectivity index (χ4v) is 1.83. The summed E-state index contributed by atoms with van der Waals surface area (Å²) in [4.78, 5) is 0. The Morgan fingerprint density at radius 1 is 1.62 bits per heavy atom. The monoisotopic (exact) mass is 227 g/mol. The van der Waals surface area contributed by atoms with Crippen molar-refractivity contribution >= 4 is 0 Å². The van der Waals surface area contributed by atoms with Crippen molar-refractivity contribution in [2.24, 2.45) is 0 Å². The van der Waals surface area contributed by atoms with E-state index in [-0.39, 0.29) is 6.04 Å². The highest BCUT2D eigenvalue weighted by atomic mass is 16.5. The molecule has 0 spiro atoms. The van der Waals surface area contributed by atoms with Crippen LogP contribution in [0.5, 0.6) is 5.75 Å². The predicted molar refractivity (Wildman–Crippen MR) is 62.7 cm³/mol. The second kappa shape index (κ2) is 4.84. The van der Waals surface area contributed by atoms with Gasteiger partial charge in [0.25, 0.3) is 0 Å². The predicted octanol–water partition coefficient (Wildman–Crippen LogP) is 0.899. The zero-order valence-electron chi connectivity index (χ0n) is 10.6. The van der Waals surface area contributed by atoms with E-state index in [4.69, 9.17) is 4.74 Å². The summed E-state index contributed by atoms with van der Waals surface area (Å²) in [5, 5.41) is 17.6. The van der Waals surface area contributed by atoms with Crippen molar-refractivity contribution in [3.63, 3.8) is 0 Å². The molecule has 0 radical (unpaired) electrons. The molecule has 1 heterocycles. The van der Waals surface area contributed by atoms with Gasteiger partial charge in [-0.1, -0.05) is 0 Å².